The van der Waals surface area contributed by atoms with Crippen molar-refractivity contribution in [1.29, 1.82) is 0 Å². The lowest BCUT2D eigenvalue weighted by atomic mass is 9.41. The zero-order chi connectivity index (χ0) is 44.7. The Hall–Kier alpha value is -1.96. The van der Waals surface area contributed by atoms with E-state index in [4.69, 9.17) is 37.9 Å². The summed E-state index contributed by atoms with van der Waals surface area (Å²) in [5, 5.41) is 109. The fourth-order valence-corrected chi connectivity index (χ4v) is 13.0. The molecule has 0 aromatic heterocycles. The smallest absolute Gasteiger partial charge is 0.331 e. The molecule has 4 aliphatic carbocycles. The van der Waals surface area contributed by atoms with Crippen LogP contribution in [0.5, 0.6) is 0 Å². The maximum Gasteiger partial charge on any atom is 0.331 e. The Morgan fingerprint density at radius 3 is 2.16 bits per heavy atom. The molecule has 4 saturated carbocycles. The summed E-state index contributed by atoms with van der Waals surface area (Å²) in [7, 11) is 1.45. The Balaban J connectivity index is 0.898. The minimum absolute atomic E-state index is 0.0356. The van der Waals surface area contributed by atoms with Crippen LogP contribution in [0.2, 0.25) is 0 Å². The fraction of sp³-hybridized carbons (Fsp3) is 0.905. The number of ether oxygens (including phenoxy) is 8. The van der Waals surface area contributed by atoms with Crippen LogP contribution in [0.15, 0.2) is 11.6 Å². The highest BCUT2D eigenvalue weighted by molar-refractivity contribution is 5.85. The van der Waals surface area contributed by atoms with Crippen LogP contribution in [-0.2, 0) is 47.5 Å². The van der Waals surface area contributed by atoms with Crippen molar-refractivity contribution in [3.63, 3.8) is 0 Å². The number of methoxy groups -OCH3 is 1. The van der Waals surface area contributed by atoms with E-state index < -0.39 is 139 Å². The van der Waals surface area contributed by atoms with E-state index in [1.807, 2.05) is 0 Å². The number of cyclic esters (lactones) is 1. The molecule has 20 heteroatoms. The predicted molar refractivity (Wildman–Crippen MR) is 205 cm³/mol. The number of fused-ring (bicyclic) bond motifs is 5. The molecule has 0 spiro atoms. The molecule has 0 bridgehead atoms. The van der Waals surface area contributed by atoms with E-state index in [9.17, 15) is 60.7 Å². The number of hydrogen-bond acceptors (Lipinski definition) is 19. The molecule has 352 valence electrons. The van der Waals surface area contributed by atoms with E-state index in [0.717, 1.165) is 5.57 Å². The minimum Gasteiger partial charge on any atom is -0.481 e. The van der Waals surface area contributed by atoms with Crippen LogP contribution in [0.1, 0.15) is 78.1 Å². The van der Waals surface area contributed by atoms with E-state index in [2.05, 4.69) is 6.92 Å². The third kappa shape index (κ3) is 7.47. The topological polar surface area (TPSA) is 310 Å². The summed E-state index contributed by atoms with van der Waals surface area (Å²) in [6.07, 6.45) is -14.9. The van der Waals surface area contributed by atoms with Gasteiger partial charge in [-0.25, -0.2) is 4.79 Å². The molecule has 0 amide bonds. The largest absolute Gasteiger partial charge is 0.481 e. The highest BCUT2D eigenvalue weighted by Crippen LogP contribution is 2.71. The number of aliphatic hydroxyl groups excluding tert-OH is 7. The zero-order valence-electron chi connectivity index (χ0n) is 35.2. The molecule has 8 aliphatic rings. The molecule has 0 radical (unpaired) electrons. The second kappa shape index (κ2) is 17.4. The number of carboxylic acids is 1. The van der Waals surface area contributed by atoms with Gasteiger partial charge in [-0.15, -0.1) is 0 Å². The van der Waals surface area contributed by atoms with Crippen molar-refractivity contribution in [2.24, 2.45) is 28.6 Å². The number of rotatable bonds is 11. The molecule has 10 N–H and O–H groups in total. The molecule has 62 heavy (non-hydrogen) atoms. The van der Waals surface area contributed by atoms with Gasteiger partial charge in [0.25, 0.3) is 0 Å². The second-order valence-electron chi connectivity index (χ2n) is 19.3. The molecule has 4 aliphatic heterocycles. The first-order valence-electron chi connectivity index (χ1n) is 22.0. The summed E-state index contributed by atoms with van der Waals surface area (Å²) in [4.78, 5) is 25.5. The zero-order valence-corrected chi connectivity index (χ0v) is 35.2. The van der Waals surface area contributed by atoms with Gasteiger partial charge >= 0.3 is 11.9 Å². The highest BCUT2D eigenvalue weighted by Gasteiger charge is 2.74. The van der Waals surface area contributed by atoms with Crippen molar-refractivity contribution in [3.8, 4) is 0 Å². The standard InChI is InChI=1S/C42H64O20/c1-18-35(62-37-34(50)32(48)30(46)26(61-37)17-57-36-33(49)31(47)29(45)25(15-43)60-36)24(55-3)13-28(58-18)59-20-4-10-41(38(51)52)22-5-8-39(2)21(19-12-27(44)56-16-19)7-11-42(39,54)23(22)6-9-40(41,53)14-20/h12,18,20-26,28-37,43,45-50,53-54H,4-11,13-17H2,1-3H3,(H,51,52)/t18-,20-,21+,22-,23+,24+,25-,26+,28+,29-,30+,31+,32-,33-,34+,35-,36-,37-,39+,40-,41+,42-/m0/s1. The van der Waals surface area contributed by atoms with Crippen molar-refractivity contribution < 1.29 is 98.5 Å². The van der Waals surface area contributed by atoms with Gasteiger partial charge in [0.1, 0.15) is 61.5 Å². The molecule has 8 rings (SSSR count). The van der Waals surface area contributed by atoms with Crippen molar-refractivity contribution >= 4 is 11.9 Å². The van der Waals surface area contributed by atoms with Crippen LogP contribution in [0.25, 0.3) is 0 Å². The molecule has 0 aromatic rings. The van der Waals surface area contributed by atoms with Crippen molar-refractivity contribution in [1.82, 2.24) is 0 Å². The number of aliphatic hydroxyl groups is 9. The molecule has 22 atom stereocenters. The Bertz CT molecular complexity index is 1680. The van der Waals surface area contributed by atoms with Crippen LogP contribution in [-0.4, -0.2) is 193 Å². The molecule has 0 aromatic carbocycles. The third-order valence-corrected chi connectivity index (χ3v) is 16.4. The molecular weight excluding hydrogens is 824 g/mol. The van der Waals surface area contributed by atoms with E-state index >= 15 is 0 Å². The lowest BCUT2D eigenvalue weighted by Gasteiger charge is -2.65. The summed E-state index contributed by atoms with van der Waals surface area (Å²) < 4.78 is 46.6. The lowest BCUT2D eigenvalue weighted by molar-refractivity contribution is -0.355. The van der Waals surface area contributed by atoms with Gasteiger partial charge in [-0.2, -0.15) is 0 Å². The highest BCUT2D eigenvalue weighted by atomic mass is 16.8. The van der Waals surface area contributed by atoms with E-state index in [1.165, 1.54) is 13.2 Å². The number of carboxylic acid groups (broad SMARTS) is 1. The summed E-state index contributed by atoms with van der Waals surface area (Å²) in [6.45, 7) is 2.71. The number of carbonyl (C=O) groups is 2. The average Bonchev–Trinajstić information content (AvgIpc) is 3.79. The van der Waals surface area contributed by atoms with Crippen LogP contribution in [0.4, 0.5) is 0 Å². The Kier molecular flexibility index (Phi) is 13.0. The molecule has 7 fully saturated rings. The van der Waals surface area contributed by atoms with Crippen molar-refractivity contribution in [2.45, 2.75) is 181 Å². The quantitative estimate of drug-likeness (QED) is 0.0790. The number of esters is 1. The van der Waals surface area contributed by atoms with Gasteiger partial charge in [-0.05, 0) is 81.6 Å². The van der Waals surface area contributed by atoms with E-state index in [0.29, 0.717) is 38.5 Å². The summed E-state index contributed by atoms with van der Waals surface area (Å²) in [6, 6.07) is 0. The van der Waals surface area contributed by atoms with Crippen molar-refractivity contribution in [3.05, 3.63) is 11.6 Å². The number of aliphatic carboxylic acids is 1. The lowest BCUT2D eigenvalue weighted by Crippen LogP contribution is -2.70. The minimum atomic E-state index is -1.77. The molecule has 3 saturated heterocycles. The van der Waals surface area contributed by atoms with Gasteiger partial charge in [-0.1, -0.05) is 6.92 Å². The maximum atomic E-state index is 13.5. The Morgan fingerprint density at radius 1 is 0.823 bits per heavy atom. The summed E-state index contributed by atoms with van der Waals surface area (Å²) >= 11 is 0. The van der Waals surface area contributed by atoms with Gasteiger partial charge in [0, 0.05) is 31.4 Å². The summed E-state index contributed by atoms with van der Waals surface area (Å²) in [5.41, 5.74) is -4.02. The van der Waals surface area contributed by atoms with E-state index in [-0.39, 0.29) is 50.1 Å². The van der Waals surface area contributed by atoms with Crippen LogP contribution < -0.4 is 0 Å². The average molecular weight is 889 g/mol. The molecule has 20 nitrogen and oxygen atoms in total. The SMILES string of the molecule is CO[C@@H]1C[C@@H](O[C@H]2CC[C@]3(C(=O)O)[C@H]4CC[C@]5(C)[C@@H](C6=CC(=O)OC6)CC[C@]5(O)[C@@H]4CC[C@]3(O)C2)O[C@@H](C)[C@@H]1O[C@@H]1O[C@H](CO[C@H]2O[C@@H](CO)[C@H](O)[C@@H](O)[C@@H]2O)[C@@H](O)[C@H](O)[C@H]1O. The number of hydrogen-bond donors (Lipinski definition) is 10. The van der Waals surface area contributed by atoms with Gasteiger partial charge in [0.15, 0.2) is 18.9 Å². The predicted octanol–water partition coefficient (Wildman–Crippen LogP) is -2.03. The number of carbonyl (C=O) groups excluding carboxylic acids is 1. The van der Waals surface area contributed by atoms with Gasteiger partial charge in [-0.3, -0.25) is 4.79 Å². The van der Waals surface area contributed by atoms with Crippen LogP contribution in [0.3, 0.4) is 0 Å². The third-order valence-electron chi connectivity index (χ3n) is 16.4. The van der Waals surface area contributed by atoms with Crippen LogP contribution >= 0.6 is 0 Å². The van der Waals surface area contributed by atoms with Gasteiger partial charge < -0.3 is 89.0 Å². The first kappa shape index (κ1) is 46.6. The molecule has 0 unspecified atom stereocenters. The summed E-state index contributed by atoms with van der Waals surface area (Å²) in [5.74, 6) is -2.37. The Morgan fingerprint density at radius 2 is 1.50 bits per heavy atom. The molecular formula is C42H64O20. The maximum absolute atomic E-state index is 13.5. The second-order valence-corrected chi connectivity index (χ2v) is 19.3. The van der Waals surface area contributed by atoms with Gasteiger partial charge in [0.2, 0.25) is 0 Å². The monoisotopic (exact) mass is 888 g/mol. The van der Waals surface area contributed by atoms with Crippen LogP contribution in [0, 0.1) is 28.6 Å². The van der Waals surface area contributed by atoms with Crippen molar-refractivity contribution in [2.75, 3.05) is 26.9 Å². The molecule has 4 heterocycles. The Labute approximate surface area is 358 Å². The van der Waals surface area contributed by atoms with Gasteiger partial charge in [0.05, 0.1) is 48.1 Å². The first-order valence-corrected chi connectivity index (χ1v) is 22.0. The van der Waals surface area contributed by atoms with E-state index in [1.54, 1.807) is 6.92 Å². The normalized spacial score (nSPS) is 53.0. The first-order chi connectivity index (χ1) is 29.3. The fourth-order valence-electron chi connectivity index (χ4n) is 13.0.